The number of unbranched alkanes of at least 4 members (excludes halogenated alkanes) is 1. The zero-order valence-electron chi connectivity index (χ0n) is 18.5. The summed E-state index contributed by atoms with van der Waals surface area (Å²) in [5, 5.41) is 10.4. The highest BCUT2D eigenvalue weighted by molar-refractivity contribution is 5.79. The standard InChI is InChI=1S/C22H32N6O2/c1-6-7-12-30-19-17-18(24-20(23)26-19)25-21(29)28(17)14-16-10-8-15(9-11-16)13-27(5)22(2,3)4/h8-11H,6-7,12-14H2,1-5H3,(H3,23,24,25,26,29). The summed E-state index contributed by atoms with van der Waals surface area (Å²) in [6.45, 7) is 10.5. The Hall–Kier alpha value is -2.87. The van der Waals surface area contributed by atoms with E-state index < -0.39 is 0 Å². The Kier molecular flexibility index (Phi) is 6.45. The maximum absolute atomic E-state index is 10.4. The molecule has 0 fully saturated rings. The van der Waals surface area contributed by atoms with E-state index in [1.165, 1.54) is 5.56 Å². The molecule has 3 N–H and O–H groups in total. The molecule has 0 atom stereocenters. The number of fused-ring (bicyclic) bond motifs is 1. The first-order valence-electron chi connectivity index (χ1n) is 10.3. The lowest BCUT2D eigenvalue weighted by atomic mass is 10.0. The lowest BCUT2D eigenvalue weighted by Gasteiger charge is -2.31. The lowest BCUT2D eigenvalue weighted by Crippen LogP contribution is -2.37. The third-order valence-electron chi connectivity index (χ3n) is 5.23. The van der Waals surface area contributed by atoms with Crippen molar-refractivity contribution in [1.82, 2.24) is 24.4 Å². The van der Waals surface area contributed by atoms with Crippen molar-refractivity contribution in [2.45, 2.75) is 59.2 Å². The number of nitrogens with two attached hydrogens (primary N) is 1. The fourth-order valence-electron chi connectivity index (χ4n) is 3.02. The zero-order chi connectivity index (χ0) is 21.9. The van der Waals surface area contributed by atoms with Gasteiger partial charge in [0.25, 0.3) is 6.01 Å². The molecule has 3 rings (SSSR count). The summed E-state index contributed by atoms with van der Waals surface area (Å²) < 4.78 is 7.48. The van der Waals surface area contributed by atoms with Crippen molar-refractivity contribution in [3.05, 3.63) is 35.4 Å². The van der Waals surface area contributed by atoms with Crippen LogP contribution in [0.1, 0.15) is 51.7 Å². The molecule has 0 saturated carbocycles. The second kappa shape index (κ2) is 8.87. The summed E-state index contributed by atoms with van der Waals surface area (Å²) >= 11 is 0. The van der Waals surface area contributed by atoms with Gasteiger partial charge in [0, 0.05) is 12.1 Å². The number of benzene rings is 1. The van der Waals surface area contributed by atoms with Gasteiger partial charge in [0.2, 0.25) is 11.8 Å². The van der Waals surface area contributed by atoms with E-state index in [-0.39, 0.29) is 17.5 Å². The summed E-state index contributed by atoms with van der Waals surface area (Å²) in [4.78, 5) is 14.8. The van der Waals surface area contributed by atoms with Crippen LogP contribution in [0, 0.1) is 0 Å². The number of hydrogen-bond acceptors (Lipinski definition) is 7. The number of aromatic hydroxyl groups is 1. The predicted molar refractivity (Wildman–Crippen MR) is 119 cm³/mol. The molecule has 0 aliphatic rings. The first-order valence-corrected chi connectivity index (χ1v) is 10.3. The van der Waals surface area contributed by atoms with Crippen LogP contribution in [0.25, 0.3) is 11.2 Å². The van der Waals surface area contributed by atoms with Crippen LogP contribution in [0.3, 0.4) is 0 Å². The molecular weight excluding hydrogens is 380 g/mol. The Morgan fingerprint density at radius 3 is 2.40 bits per heavy atom. The Labute approximate surface area is 177 Å². The molecule has 30 heavy (non-hydrogen) atoms. The van der Waals surface area contributed by atoms with Crippen LogP contribution in [-0.4, -0.2) is 48.7 Å². The zero-order valence-corrected chi connectivity index (χ0v) is 18.5. The van der Waals surface area contributed by atoms with E-state index in [0.29, 0.717) is 30.2 Å². The lowest BCUT2D eigenvalue weighted by molar-refractivity contribution is 0.167. The summed E-state index contributed by atoms with van der Waals surface area (Å²) in [6, 6.07) is 8.21. The van der Waals surface area contributed by atoms with E-state index in [1.807, 2.05) is 0 Å². The Morgan fingerprint density at radius 2 is 1.77 bits per heavy atom. The van der Waals surface area contributed by atoms with Crippen molar-refractivity contribution in [2.75, 3.05) is 19.4 Å². The normalized spacial score (nSPS) is 12.1. The van der Waals surface area contributed by atoms with Crippen molar-refractivity contribution in [3.63, 3.8) is 0 Å². The largest absolute Gasteiger partial charge is 0.480 e. The molecule has 2 heterocycles. The van der Waals surface area contributed by atoms with Gasteiger partial charge < -0.3 is 15.6 Å². The van der Waals surface area contributed by atoms with Crippen molar-refractivity contribution in [2.24, 2.45) is 0 Å². The number of anilines is 1. The maximum Gasteiger partial charge on any atom is 0.296 e. The van der Waals surface area contributed by atoms with Gasteiger partial charge >= 0.3 is 0 Å². The van der Waals surface area contributed by atoms with E-state index in [0.717, 1.165) is 24.9 Å². The number of aromatic nitrogens is 4. The van der Waals surface area contributed by atoms with Gasteiger partial charge in [-0.2, -0.15) is 15.0 Å². The Morgan fingerprint density at radius 1 is 1.10 bits per heavy atom. The smallest absolute Gasteiger partial charge is 0.296 e. The second-order valence-electron chi connectivity index (χ2n) is 8.60. The van der Waals surface area contributed by atoms with E-state index >= 15 is 0 Å². The van der Waals surface area contributed by atoms with Gasteiger partial charge in [-0.05, 0) is 45.4 Å². The van der Waals surface area contributed by atoms with Gasteiger partial charge in [-0.15, -0.1) is 0 Å². The molecule has 0 radical (unpaired) electrons. The number of hydrogen-bond donors (Lipinski definition) is 2. The SMILES string of the molecule is CCCCOc1nc(N)nc2nc(O)n(Cc3ccc(CN(C)C(C)(C)C)cc3)c12. The van der Waals surface area contributed by atoms with Gasteiger partial charge in [0.15, 0.2) is 11.2 Å². The van der Waals surface area contributed by atoms with Crippen LogP contribution in [0.2, 0.25) is 0 Å². The summed E-state index contributed by atoms with van der Waals surface area (Å²) in [7, 11) is 2.12. The molecule has 0 amide bonds. The van der Waals surface area contributed by atoms with Gasteiger partial charge in [-0.25, -0.2) is 0 Å². The number of imidazole rings is 1. The maximum atomic E-state index is 10.4. The topological polar surface area (TPSA) is 102 Å². The van der Waals surface area contributed by atoms with Crippen molar-refractivity contribution in [3.8, 4) is 11.9 Å². The molecule has 0 spiro atoms. The summed E-state index contributed by atoms with van der Waals surface area (Å²) in [5.74, 6) is 0.424. The fourth-order valence-corrected chi connectivity index (χ4v) is 3.02. The van der Waals surface area contributed by atoms with Crippen molar-refractivity contribution in [1.29, 1.82) is 0 Å². The second-order valence-corrected chi connectivity index (χ2v) is 8.60. The number of nitrogens with zero attached hydrogens (tertiary/aromatic N) is 5. The number of ether oxygens (including phenoxy) is 1. The van der Waals surface area contributed by atoms with Crippen LogP contribution < -0.4 is 10.5 Å². The van der Waals surface area contributed by atoms with Gasteiger partial charge in [0.05, 0.1) is 13.2 Å². The number of nitrogen functional groups attached to an aromatic ring is 1. The highest BCUT2D eigenvalue weighted by Gasteiger charge is 2.19. The molecule has 8 heteroatoms. The molecule has 0 aliphatic carbocycles. The summed E-state index contributed by atoms with van der Waals surface area (Å²) in [6.07, 6.45) is 1.90. The molecule has 0 bridgehead atoms. The minimum absolute atomic E-state index is 0.0750. The molecule has 0 saturated heterocycles. The third kappa shape index (κ3) is 4.99. The molecule has 8 nitrogen and oxygen atoms in total. The van der Waals surface area contributed by atoms with Crippen LogP contribution in [-0.2, 0) is 13.1 Å². The quantitative estimate of drug-likeness (QED) is 0.545. The van der Waals surface area contributed by atoms with E-state index in [4.69, 9.17) is 10.5 Å². The predicted octanol–water partition coefficient (Wildman–Crippen LogP) is 3.57. The van der Waals surface area contributed by atoms with Gasteiger partial charge in [-0.1, -0.05) is 37.6 Å². The monoisotopic (exact) mass is 412 g/mol. The number of rotatable bonds is 8. The van der Waals surface area contributed by atoms with Crippen molar-refractivity contribution >= 4 is 17.1 Å². The fraction of sp³-hybridized carbons (Fsp3) is 0.500. The molecular formula is C22H32N6O2. The first kappa shape index (κ1) is 21.8. The summed E-state index contributed by atoms with van der Waals surface area (Å²) in [5.41, 5.74) is 9.04. The van der Waals surface area contributed by atoms with Crippen LogP contribution in [0.15, 0.2) is 24.3 Å². The average molecular weight is 413 g/mol. The van der Waals surface area contributed by atoms with Crippen molar-refractivity contribution < 1.29 is 9.84 Å². The Bertz CT molecular complexity index is 992. The average Bonchev–Trinajstić information content (AvgIpc) is 2.97. The minimum Gasteiger partial charge on any atom is -0.480 e. The molecule has 0 aliphatic heterocycles. The Balaban J connectivity index is 1.85. The molecule has 2 aromatic heterocycles. The molecule has 3 aromatic rings. The molecule has 162 valence electrons. The highest BCUT2D eigenvalue weighted by Crippen LogP contribution is 2.28. The van der Waals surface area contributed by atoms with Gasteiger partial charge in [0.1, 0.15) is 0 Å². The first-order chi connectivity index (χ1) is 14.2. The third-order valence-corrected chi connectivity index (χ3v) is 5.23. The minimum atomic E-state index is -0.137. The van der Waals surface area contributed by atoms with E-state index in [9.17, 15) is 5.11 Å². The molecule has 0 unspecified atom stereocenters. The van der Waals surface area contributed by atoms with Crippen LogP contribution in [0.4, 0.5) is 5.95 Å². The van der Waals surface area contributed by atoms with Crippen LogP contribution >= 0.6 is 0 Å². The van der Waals surface area contributed by atoms with E-state index in [1.54, 1.807) is 4.57 Å². The highest BCUT2D eigenvalue weighted by atomic mass is 16.5. The van der Waals surface area contributed by atoms with E-state index in [2.05, 4.69) is 78.9 Å². The van der Waals surface area contributed by atoms with Gasteiger partial charge in [-0.3, -0.25) is 9.47 Å². The van der Waals surface area contributed by atoms with Crippen LogP contribution in [0.5, 0.6) is 11.9 Å². The molecule has 1 aromatic carbocycles.